The Labute approximate surface area is 184 Å². The second-order valence-corrected chi connectivity index (χ2v) is 9.40. The maximum atomic E-state index is 15.3. The first-order valence-corrected chi connectivity index (χ1v) is 12.0. The number of halogens is 3. The number of benzene rings is 2. The Morgan fingerprint density at radius 3 is 2.19 bits per heavy atom. The van der Waals surface area contributed by atoms with Gasteiger partial charge in [0.1, 0.15) is 5.82 Å². The maximum Gasteiger partial charge on any atom is 0.167 e. The van der Waals surface area contributed by atoms with E-state index in [0.717, 1.165) is 30.2 Å². The summed E-state index contributed by atoms with van der Waals surface area (Å²) in [5, 5.41) is 0. The van der Waals surface area contributed by atoms with Gasteiger partial charge in [0.2, 0.25) is 0 Å². The third-order valence-electron chi connectivity index (χ3n) is 7.60. The number of rotatable bonds is 6. The number of hydrogen-bond acceptors (Lipinski definition) is 0. The summed E-state index contributed by atoms with van der Waals surface area (Å²) < 4.78 is 44.1. The molecule has 0 amide bonds. The number of fused-ring (bicyclic) bond motifs is 1. The second-order valence-electron chi connectivity index (χ2n) is 9.40. The van der Waals surface area contributed by atoms with Crippen LogP contribution in [0.25, 0.3) is 11.1 Å². The van der Waals surface area contributed by atoms with Gasteiger partial charge < -0.3 is 0 Å². The molecule has 0 bridgehead atoms. The third-order valence-corrected chi connectivity index (χ3v) is 7.60. The molecule has 1 saturated carbocycles. The predicted molar refractivity (Wildman–Crippen MR) is 122 cm³/mol. The summed E-state index contributed by atoms with van der Waals surface area (Å²) in [6.45, 7) is 4.07. The molecule has 2 aliphatic carbocycles. The molecule has 3 heteroatoms. The van der Waals surface area contributed by atoms with Crippen LogP contribution < -0.4 is 0 Å². The summed E-state index contributed by atoms with van der Waals surface area (Å²) in [7, 11) is 0. The molecule has 0 N–H and O–H groups in total. The highest BCUT2D eigenvalue weighted by molar-refractivity contribution is 5.68. The molecule has 0 aromatic heterocycles. The van der Waals surface area contributed by atoms with Crippen molar-refractivity contribution < 1.29 is 13.2 Å². The molecule has 0 heterocycles. The van der Waals surface area contributed by atoms with Crippen molar-refractivity contribution in [2.45, 2.75) is 78.1 Å². The highest BCUT2D eigenvalue weighted by Crippen LogP contribution is 2.37. The zero-order chi connectivity index (χ0) is 22.0. The SMILES string of the molecule is CCc1ccc(-c2ccc3c(c2F)CC=C(CCC2CCC(CC)CC2)C3)c(F)c1F. The molecule has 4 rings (SSSR count). The quantitative estimate of drug-likeness (QED) is 0.407. The molecule has 31 heavy (non-hydrogen) atoms. The molecule has 0 atom stereocenters. The largest absolute Gasteiger partial charge is 0.206 e. The van der Waals surface area contributed by atoms with Gasteiger partial charge in [0.25, 0.3) is 0 Å². The molecule has 2 aliphatic rings. The highest BCUT2D eigenvalue weighted by atomic mass is 19.2. The van der Waals surface area contributed by atoms with Crippen molar-refractivity contribution in [2.24, 2.45) is 11.8 Å². The van der Waals surface area contributed by atoms with Gasteiger partial charge in [-0.25, -0.2) is 13.2 Å². The minimum Gasteiger partial charge on any atom is -0.206 e. The van der Waals surface area contributed by atoms with Gasteiger partial charge in [0.05, 0.1) is 0 Å². The van der Waals surface area contributed by atoms with Gasteiger partial charge in [-0.2, -0.15) is 0 Å². The number of allylic oxidation sites excluding steroid dienone is 2. The van der Waals surface area contributed by atoms with Gasteiger partial charge in [-0.05, 0) is 60.6 Å². The van der Waals surface area contributed by atoms with E-state index in [1.807, 2.05) is 6.07 Å². The fourth-order valence-electron chi connectivity index (χ4n) is 5.40. The molecule has 1 fully saturated rings. The molecule has 0 aliphatic heterocycles. The lowest BCUT2D eigenvalue weighted by Crippen LogP contribution is -2.14. The molecule has 0 spiro atoms. The normalized spacial score (nSPS) is 21.0. The van der Waals surface area contributed by atoms with Crippen LogP contribution in [-0.4, -0.2) is 0 Å². The van der Waals surface area contributed by atoms with Crippen LogP contribution in [-0.2, 0) is 19.3 Å². The van der Waals surface area contributed by atoms with Crippen LogP contribution >= 0.6 is 0 Å². The second kappa shape index (κ2) is 9.63. The minimum atomic E-state index is -0.956. The van der Waals surface area contributed by atoms with Crippen LogP contribution in [0, 0.1) is 29.3 Å². The van der Waals surface area contributed by atoms with Gasteiger partial charge in [-0.1, -0.05) is 81.9 Å². The van der Waals surface area contributed by atoms with Crippen LogP contribution in [0.15, 0.2) is 35.9 Å². The number of hydrogen-bond donors (Lipinski definition) is 0. The Morgan fingerprint density at radius 2 is 1.48 bits per heavy atom. The van der Waals surface area contributed by atoms with E-state index in [1.54, 1.807) is 19.1 Å². The molecular formula is C28H33F3. The van der Waals surface area contributed by atoms with Gasteiger partial charge in [-0.3, -0.25) is 0 Å². The van der Waals surface area contributed by atoms with E-state index >= 15 is 4.39 Å². The maximum absolute atomic E-state index is 15.3. The summed E-state index contributed by atoms with van der Waals surface area (Å²) in [5.74, 6) is -0.484. The summed E-state index contributed by atoms with van der Waals surface area (Å²) in [6, 6.07) is 6.57. The number of aryl methyl sites for hydroxylation is 1. The van der Waals surface area contributed by atoms with E-state index < -0.39 is 17.5 Å². The van der Waals surface area contributed by atoms with Crippen LogP contribution in [0.3, 0.4) is 0 Å². The standard InChI is InChI=1S/C28H33F3/c1-3-18-5-7-19(8-6-18)9-10-20-11-14-23-22(17-20)13-16-24(27(23)30)25-15-12-21(4-2)26(29)28(25)31/h11-13,15-16,18-19H,3-10,14,17H2,1-2H3. The molecule has 166 valence electrons. The molecule has 2 aromatic rings. The molecule has 0 radical (unpaired) electrons. The molecule has 0 nitrogen and oxygen atoms in total. The smallest absolute Gasteiger partial charge is 0.167 e. The van der Waals surface area contributed by atoms with Crippen LogP contribution in [0.2, 0.25) is 0 Å². The van der Waals surface area contributed by atoms with Gasteiger partial charge >= 0.3 is 0 Å². The van der Waals surface area contributed by atoms with Crippen molar-refractivity contribution in [2.75, 3.05) is 0 Å². The summed E-state index contributed by atoms with van der Waals surface area (Å²) in [6.07, 6.45) is 12.9. The lowest BCUT2D eigenvalue weighted by atomic mass is 9.78. The molecular weight excluding hydrogens is 393 g/mol. The van der Waals surface area contributed by atoms with Crippen LogP contribution in [0.5, 0.6) is 0 Å². The van der Waals surface area contributed by atoms with Gasteiger partial charge in [0.15, 0.2) is 11.6 Å². The lowest BCUT2D eigenvalue weighted by Gasteiger charge is -2.28. The monoisotopic (exact) mass is 426 g/mol. The van der Waals surface area contributed by atoms with Crippen molar-refractivity contribution in [1.82, 2.24) is 0 Å². The van der Waals surface area contributed by atoms with Crippen molar-refractivity contribution in [3.8, 4) is 11.1 Å². The zero-order valence-corrected chi connectivity index (χ0v) is 18.7. The van der Waals surface area contributed by atoms with E-state index in [-0.39, 0.29) is 11.1 Å². The third kappa shape index (κ3) is 4.61. The fourth-order valence-corrected chi connectivity index (χ4v) is 5.40. The van der Waals surface area contributed by atoms with Crippen molar-refractivity contribution in [3.05, 3.63) is 70.1 Å². The van der Waals surface area contributed by atoms with Crippen LogP contribution in [0.1, 0.15) is 75.5 Å². The Morgan fingerprint density at radius 1 is 0.806 bits per heavy atom. The summed E-state index contributed by atoms with van der Waals surface area (Å²) >= 11 is 0. The van der Waals surface area contributed by atoms with E-state index in [9.17, 15) is 8.78 Å². The van der Waals surface area contributed by atoms with Crippen molar-refractivity contribution in [3.63, 3.8) is 0 Å². The first kappa shape index (κ1) is 22.2. The average molecular weight is 427 g/mol. The predicted octanol–water partition coefficient (Wildman–Crippen LogP) is 8.35. The average Bonchev–Trinajstić information content (AvgIpc) is 2.80. The van der Waals surface area contributed by atoms with Crippen LogP contribution in [0.4, 0.5) is 13.2 Å². The Hall–Kier alpha value is -2.03. The lowest BCUT2D eigenvalue weighted by molar-refractivity contribution is 0.258. The summed E-state index contributed by atoms with van der Waals surface area (Å²) in [5.41, 5.74) is 3.48. The molecule has 0 saturated heterocycles. The fraction of sp³-hybridized carbons (Fsp3) is 0.500. The van der Waals surface area contributed by atoms with Crippen molar-refractivity contribution in [1.29, 1.82) is 0 Å². The first-order valence-electron chi connectivity index (χ1n) is 12.0. The Balaban J connectivity index is 1.46. The topological polar surface area (TPSA) is 0 Å². The van der Waals surface area contributed by atoms with E-state index in [2.05, 4.69) is 13.0 Å². The van der Waals surface area contributed by atoms with Gasteiger partial charge in [-0.15, -0.1) is 0 Å². The minimum absolute atomic E-state index is 0.00691. The highest BCUT2D eigenvalue weighted by Gasteiger charge is 2.23. The molecule has 0 unspecified atom stereocenters. The Bertz CT molecular complexity index is 965. The first-order chi connectivity index (χ1) is 15.0. The van der Waals surface area contributed by atoms with Gasteiger partial charge in [0, 0.05) is 11.1 Å². The zero-order valence-electron chi connectivity index (χ0n) is 18.7. The molecule has 2 aromatic carbocycles. The van der Waals surface area contributed by atoms with E-state index in [0.29, 0.717) is 24.0 Å². The van der Waals surface area contributed by atoms with E-state index in [4.69, 9.17) is 0 Å². The Kier molecular flexibility index (Phi) is 6.89. The summed E-state index contributed by atoms with van der Waals surface area (Å²) in [4.78, 5) is 0. The van der Waals surface area contributed by atoms with Crippen molar-refractivity contribution >= 4 is 0 Å². The van der Waals surface area contributed by atoms with E-state index in [1.165, 1.54) is 50.2 Å².